The van der Waals surface area contributed by atoms with Crippen molar-refractivity contribution in [2.45, 2.75) is 36.9 Å². The van der Waals surface area contributed by atoms with Crippen LogP contribution >= 0.6 is 11.6 Å². The van der Waals surface area contributed by atoms with Crippen molar-refractivity contribution in [1.82, 2.24) is 9.21 Å². The normalized spacial score (nSPS) is 18.3. The minimum atomic E-state index is -4.68. The minimum absolute atomic E-state index is 0.00145. The Kier molecular flexibility index (Phi) is 9.12. The van der Waals surface area contributed by atoms with Crippen LogP contribution in [0.2, 0.25) is 5.02 Å². The molecule has 11 heteroatoms. The second-order valence-corrected chi connectivity index (χ2v) is 12.5. The smallest absolute Gasteiger partial charge is 0.416 e. The van der Waals surface area contributed by atoms with Gasteiger partial charge in [-0.05, 0) is 60.9 Å². The van der Waals surface area contributed by atoms with Gasteiger partial charge in [-0.3, -0.25) is 4.79 Å². The first-order valence-corrected chi connectivity index (χ1v) is 14.5. The predicted molar refractivity (Wildman–Crippen MR) is 146 cm³/mol. The Morgan fingerprint density at radius 3 is 2.42 bits per heavy atom. The van der Waals surface area contributed by atoms with E-state index >= 15 is 0 Å². The summed E-state index contributed by atoms with van der Waals surface area (Å²) in [6.45, 7) is 0.452. The maximum absolute atomic E-state index is 13.5. The molecule has 1 heterocycles. The number of hydrogen-bond acceptors (Lipinski definition) is 4. The van der Waals surface area contributed by atoms with Gasteiger partial charge >= 0.3 is 6.18 Å². The van der Waals surface area contributed by atoms with Crippen molar-refractivity contribution in [3.05, 3.63) is 95.0 Å². The average Bonchev–Trinajstić information content (AvgIpc) is 2.93. The van der Waals surface area contributed by atoms with E-state index in [1.165, 1.54) is 4.31 Å². The summed E-state index contributed by atoms with van der Waals surface area (Å²) in [4.78, 5) is 14.6. The summed E-state index contributed by atoms with van der Waals surface area (Å²) in [5.41, 5.74) is -1.00. The minimum Gasteiger partial charge on any atom is -0.493 e. The Hall–Kier alpha value is -3.08. The largest absolute Gasteiger partial charge is 0.493 e. The van der Waals surface area contributed by atoms with Crippen LogP contribution in [-0.4, -0.2) is 50.3 Å². The molecule has 1 amide bonds. The van der Waals surface area contributed by atoms with Crippen molar-refractivity contribution in [2.75, 3.05) is 26.7 Å². The molecule has 1 unspecified atom stereocenters. The van der Waals surface area contributed by atoms with Crippen LogP contribution in [0.3, 0.4) is 0 Å². The zero-order valence-electron chi connectivity index (χ0n) is 21.9. The summed E-state index contributed by atoms with van der Waals surface area (Å²) < 4.78 is 74.2. The topological polar surface area (TPSA) is 66.9 Å². The summed E-state index contributed by atoms with van der Waals surface area (Å²) in [7, 11) is -2.59. The van der Waals surface area contributed by atoms with E-state index < -0.39 is 32.1 Å². The van der Waals surface area contributed by atoms with Gasteiger partial charge in [0.2, 0.25) is 15.9 Å². The van der Waals surface area contributed by atoms with Gasteiger partial charge in [0.15, 0.2) is 0 Å². The third kappa shape index (κ3) is 7.35. The molecular weight excluding hydrogens is 565 g/mol. The lowest BCUT2D eigenvalue weighted by Gasteiger charge is -2.42. The molecule has 0 spiro atoms. The highest BCUT2D eigenvalue weighted by Gasteiger charge is 2.43. The summed E-state index contributed by atoms with van der Waals surface area (Å²) in [5.74, 6) is 0.314. The quantitative estimate of drug-likeness (QED) is 0.293. The van der Waals surface area contributed by atoms with Crippen LogP contribution in [0.1, 0.15) is 30.4 Å². The molecule has 1 aliphatic rings. The van der Waals surface area contributed by atoms with Gasteiger partial charge in [-0.25, -0.2) is 8.42 Å². The molecule has 0 bridgehead atoms. The number of halogens is 4. The van der Waals surface area contributed by atoms with E-state index in [1.807, 2.05) is 30.3 Å². The molecule has 0 radical (unpaired) electrons. The van der Waals surface area contributed by atoms with Gasteiger partial charge in [0.05, 0.1) is 17.1 Å². The van der Waals surface area contributed by atoms with Gasteiger partial charge in [-0.15, -0.1) is 0 Å². The van der Waals surface area contributed by atoms with Gasteiger partial charge in [-0.2, -0.15) is 17.5 Å². The van der Waals surface area contributed by atoms with Gasteiger partial charge in [0, 0.05) is 43.5 Å². The van der Waals surface area contributed by atoms with E-state index in [-0.39, 0.29) is 32.0 Å². The van der Waals surface area contributed by atoms with E-state index in [1.54, 1.807) is 36.2 Å². The number of carbonyl (C=O) groups is 1. The van der Waals surface area contributed by atoms with Gasteiger partial charge < -0.3 is 9.64 Å². The van der Waals surface area contributed by atoms with Crippen LogP contribution in [-0.2, 0) is 27.5 Å². The molecule has 3 aromatic rings. The van der Waals surface area contributed by atoms with Crippen molar-refractivity contribution in [1.29, 1.82) is 0 Å². The molecular formula is C29H30ClF3N2O4S. The molecule has 1 saturated heterocycles. The Labute approximate surface area is 237 Å². The lowest BCUT2D eigenvalue weighted by atomic mass is 9.78. The number of hydrogen-bond donors (Lipinski definition) is 0. The van der Waals surface area contributed by atoms with E-state index in [2.05, 4.69) is 0 Å². The fourth-order valence-electron chi connectivity index (χ4n) is 4.83. The number of ether oxygens (including phenoxy) is 1. The molecule has 3 aromatic carbocycles. The Morgan fingerprint density at radius 1 is 1.05 bits per heavy atom. The van der Waals surface area contributed by atoms with E-state index in [4.69, 9.17) is 16.3 Å². The number of sulfonamides is 1. The van der Waals surface area contributed by atoms with Crippen LogP contribution in [0, 0.1) is 5.41 Å². The molecule has 6 nitrogen and oxygen atoms in total. The van der Waals surface area contributed by atoms with Gasteiger partial charge in [0.25, 0.3) is 0 Å². The first kappa shape index (κ1) is 29.9. The summed E-state index contributed by atoms with van der Waals surface area (Å²) in [6.07, 6.45) is -3.77. The lowest BCUT2D eigenvalue weighted by molar-refractivity contribution is -0.138. The molecule has 0 aromatic heterocycles. The first-order valence-electron chi connectivity index (χ1n) is 12.7. The van der Waals surface area contributed by atoms with Crippen LogP contribution in [0.5, 0.6) is 5.75 Å². The Balaban J connectivity index is 1.59. The maximum Gasteiger partial charge on any atom is 0.416 e. The maximum atomic E-state index is 13.5. The van der Waals surface area contributed by atoms with E-state index in [0.29, 0.717) is 36.2 Å². The van der Waals surface area contributed by atoms with Crippen molar-refractivity contribution < 1.29 is 31.1 Å². The van der Waals surface area contributed by atoms with Crippen LogP contribution < -0.4 is 4.74 Å². The third-order valence-electron chi connectivity index (χ3n) is 7.00. The summed E-state index contributed by atoms with van der Waals surface area (Å²) >= 11 is 5.98. The molecule has 40 heavy (non-hydrogen) atoms. The highest BCUT2D eigenvalue weighted by Crippen LogP contribution is 2.38. The molecule has 1 atom stereocenters. The number of nitrogens with zero attached hydrogens (tertiary/aromatic N) is 2. The summed E-state index contributed by atoms with van der Waals surface area (Å²) in [5, 5.41) is 0.524. The van der Waals surface area contributed by atoms with Crippen LogP contribution in [0.15, 0.2) is 83.8 Å². The SMILES string of the molecule is CN(Cc1ccccc1)C(=O)CC1(COc2ccc(Cl)cc2)CCCN(S(=O)(=O)c2cccc(C(F)(F)F)c2)C1. The first-order chi connectivity index (χ1) is 18.9. The molecule has 0 saturated carbocycles. The molecule has 214 valence electrons. The van der Waals surface area contributed by atoms with E-state index in [9.17, 15) is 26.4 Å². The number of piperidine rings is 1. The average molecular weight is 595 g/mol. The molecule has 4 rings (SSSR count). The second-order valence-electron chi connectivity index (χ2n) is 10.1. The number of amides is 1. The molecule has 0 aliphatic carbocycles. The van der Waals surface area contributed by atoms with Crippen LogP contribution in [0.4, 0.5) is 13.2 Å². The highest BCUT2D eigenvalue weighted by molar-refractivity contribution is 7.89. The van der Waals surface area contributed by atoms with Gasteiger partial charge in [0.1, 0.15) is 5.75 Å². The summed E-state index contributed by atoms with van der Waals surface area (Å²) in [6, 6.07) is 19.9. The molecule has 1 aliphatic heterocycles. The molecule has 0 N–H and O–H groups in total. The zero-order chi connectivity index (χ0) is 29.0. The highest BCUT2D eigenvalue weighted by atomic mass is 35.5. The van der Waals surface area contributed by atoms with Gasteiger partial charge in [-0.1, -0.05) is 48.0 Å². The Morgan fingerprint density at radius 2 is 1.75 bits per heavy atom. The zero-order valence-corrected chi connectivity index (χ0v) is 23.5. The number of rotatable bonds is 9. The predicted octanol–water partition coefficient (Wildman–Crippen LogP) is 6.26. The number of alkyl halides is 3. The van der Waals surface area contributed by atoms with E-state index in [0.717, 1.165) is 23.8 Å². The standard InChI is InChI=1S/C29H30ClF3N2O4S/c1-34(19-22-7-3-2-4-8-22)27(36)18-28(21-39-25-13-11-24(30)12-14-25)15-6-16-35(20-28)40(37,38)26-10-5-9-23(17-26)29(31,32)33/h2-5,7-14,17H,6,15-16,18-21H2,1H3. The fraction of sp³-hybridized carbons (Fsp3) is 0.345. The number of benzene rings is 3. The monoisotopic (exact) mass is 594 g/mol. The second kappa shape index (κ2) is 12.2. The van der Waals surface area contributed by atoms with Crippen molar-refractivity contribution in [3.8, 4) is 5.75 Å². The van der Waals surface area contributed by atoms with Crippen molar-refractivity contribution in [3.63, 3.8) is 0 Å². The van der Waals surface area contributed by atoms with Crippen molar-refractivity contribution in [2.24, 2.45) is 5.41 Å². The van der Waals surface area contributed by atoms with Crippen LogP contribution in [0.25, 0.3) is 0 Å². The molecule has 1 fully saturated rings. The lowest BCUT2D eigenvalue weighted by Crippen LogP contribution is -2.50. The third-order valence-corrected chi connectivity index (χ3v) is 9.09. The Bertz CT molecular complexity index is 1420. The fourth-order valence-corrected chi connectivity index (χ4v) is 6.60. The van der Waals surface area contributed by atoms with Crippen molar-refractivity contribution >= 4 is 27.5 Å². The number of carbonyl (C=O) groups excluding carboxylic acids is 1.